The molecule has 15 heavy (non-hydrogen) atoms. The molecule has 0 radical (unpaired) electrons. The average molecular weight is 207 g/mol. The molecule has 2 heterocycles. The minimum absolute atomic E-state index is 0.306. The predicted octanol–water partition coefficient (Wildman–Crippen LogP) is 1.98. The first-order valence-electron chi connectivity index (χ1n) is 5.98. The lowest BCUT2D eigenvalue weighted by molar-refractivity contribution is 0.412. The van der Waals surface area contributed by atoms with E-state index < -0.39 is 0 Å². The van der Waals surface area contributed by atoms with Crippen LogP contribution in [0.5, 0.6) is 0 Å². The minimum atomic E-state index is 0.306. The van der Waals surface area contributed by atoms with Crippen molar-refractivity contribution in [2.75, 3.05) is 6.54 Å². The zero-order chi connectivity index (χ0) is 10.7. The quantitative estimate of drug-likeness (QED) is 0.818. The van der Waals surface area contributed by atoms with Crippen LogP contribution < -0.4 is 5.32 Å². The summed E-state index contributed by atoms with van der Waals surface area (Å²) >= 11 is 0. The monoisotopic (exact) mass is 207 g/mol. The topological polar surface area (TPSA) is 29.9 Å². The van der Waals surface area contributed by atoms with Gasteiger partial charge in [0.15, 0.2) is 0 Å². The van der Waals surface area contributed by atoms with Crippen LogP contribution in [0.3, 0.4) is 0 Å². The highest BCUT2D eigenvalue weighted by Crippen LogP contribution is 2.22. The molecular weight excluding hydrogens is 186 g/mol. The third kappa shape index (κ3) is 2.59. The van der Waals surface area contributed by atoms with Crippen molar-refractivity contribution >= 4 is 0 Å². The Morgan fingerprint density at radius 2 is 2.47 bits per heavy atom. The lowest BCUT2D eigenvalue weighted by atomic mass is 9.93. The summed E-state index contributed by atoms with van der Waals surface area (Å²) in [6.45, 7) is 6.70. The van der Waals surface area contributed by atoms with Crippen LogP contribution in [-0.2, 0) is 13.0 Å². The number of aromatic nitrogens is 2. The Balaban J connectivity index is 1.97. The maximum Gasteiger partial charge on any atom is 0.0522 e. The van der Waals surface area contributed by atoms with Gasteiger partial charge >= 0.3 is 0 Å². The maximum absolute atomic E-state index is 4.37. The molecule has 3 heteroatoms. The maximum atomic E-state index is 4.37. The van der Waals surface area contributed by atoms with E-state index in [4.69, 9.17) is 0 Å². The summed E-state index contributed by atoms with van der Waals surface area (Å²) in [7, 11) is 0. The second kappa shape index (κ2) is 4.35. The number of nitrogens with zero attached hydrogens (tertiary/aromatic N) is 2. The van der Waals surface area contributed by atoms with Gasteiger partial charge < -0.3 is 5.32 Å². The molecule has 1 fully saturated rings. The van der Waals surface area contributed by atoms with Gasteiger partial charge in [0.25, 0.3) is 0 Å². The molecule has 84 valence electrons. The highest BCUT2D eigenvalue weighted by atomic mass is 15.3. The summed E-state index contributed by atoms with van der Waals surface area (Å²) < 4.78 is 2.05. The number of nitrogens with one attached hydrogen (secondary N) is 1. The molecule has 1 aliphatic rings. The van der Waals surface area contributed by atoms with Crippen LogP contribution in [0.25, 0.3) is 0 Å². The predicted molar refractivity (Wildman–Crippen MR) is 61.9 cm³/mol. The fourth-order valence-electron chi connectivity index (χ4n) is 2.41. The van der Waals surface area contributed by atoms with E-state index in [-0.39, 0.29) is 0 Å². The van der Waals surface area contributed by atoms with Gasteiger partial charge in [-0.25, -0.2) is 0 Å². The Labute approximate surface area is 91.9 Å². The first-order chi connectivity index (χ1) is 7.22. The van der Waals surface area contributed by atoms with Gasteiger partial charge in [-0.15, -0.1) is 0 Å². The van der Waals surface area contributed by atoms with Gasteiger partial charge in [-0.1, -0.05) is 6.92 Å². The molecule has 2 rings (SSSR count). The molecule has 1 N–H and O–H groups in total. The molecular formula is C12H21N3. The number of hydrogen-bond donors (Lipinski definition) is 1. The van der Waals surface area contributed by atoms with Crippen LogP contribution in [0.2, 0.25) is 0 Å². The van der Waals surface area contributed by atoms with Crippen LogP contribution in [0.15, 0.2) is 12.4 Å². The Hall–Kier alpha value is -0.830. The first-order valence-corrected chi connectivity index (χ1v) is 5.98. The Kier molecular flexibility index (Phi) is 3.10. The highest BCUT2D eigenvalue weighted by molar-refractivity contribution is 5.10. The van der Waals surface area contributed by atoms with Crippen molar-refractivity contribution in [3.63, 3.8) is 0 Å². The molecule has 1 aromatic rings. The van der Waals surface area contributed by atoms with Crippen molar-refractivity contribution in [1.82, 2.24) is 15.1 Å². The first kappa shape index (κ1) is 10.7. The van der Waals surface area contributed by atoms with Crippen molar-refractivity contribution in [3.05, 3.63) is 18.0 Å². The lowest BCUT2D eigenvalue weighted by Crippen LogP contribution is -2.38. The van der Waals surface area contributed by atoms with E-state index in [1.807, 2.05) is 10.9 Å². The summed E-state index contributed by atoms with van der Waals surface area (Å²) in [6.07, 6.45) is 9.05. The summed E-state index contributed by atoms with van der Waals surface area (Å²) in [6, 6.07) is 0. The van der Waals surface area contributed by atoms with Gasteiger partial charge in [0.1, 0.15) is 0 Å². The molecule has 1 atom stereocenters. The third-order valence-electron chi connectivity index (χ3n) is 3.19. The van der Waals surface area contributed by atoms with Crippen molar-refractivity contribution in [2.45, 2.75) is 51.6 Å². The van der Waals surface area contributed by atoms with Gasteiger partial charge in [0.2, 0.25) is 0 Å². The Morgan fingerprint density at radius 1 is 1.60 bits per heavy atom. The second-order valence-electron chi connectivity index (χ2n) is 4.88. The van der Waals surface area contributed by atoms with E-state index >= 15 is 0 Å². The van der Waals surface area contributed by atoms with Crippen molar-refractivity contribution < 1.29 is 0 Å². The molecule has 1 aliphatic heterocycles. The molecule has 1 aromatic heterocycles. The third-order valence-corrected chi connectivity index (χ3v) is 3.19. The molecule has 3 nitrogen and oxygen atoms in total. The van der Waals surface area contributed by atoms with Gasteiger partial charge in [-0.05, 0) is 44.7 Å². The Morgan fingerprint density at radius 3 is 3.13 bits per heavy atom. The summed E-state index contributed by atoms with van der Waals surface area (Å²) in [5, 5.41) is 7.95. The van der Waals surface area contributed by atoms with Crippen LogP contribution in [0, 0.1) is 0 Å². The van der Waals surface area contributed by atoms with E-state index in [9.17, 15) is 0 Å². The van der Waals surface area contributed by atoms with E-state index in [1.54, 1.807) is 0 Å². The fourth-order valence-corrected chi connectivity index (χ4v) is 2.41. The molecule has 0 spiro atoms. The van der Waals surface area contributed by atoms with E-state index in [0.29, 0.717) is 5.54 Å². The smallest absolute Gasteiger partial charge is 0.0522 e. The lowest BCUT2D eigenvalue weighted by Gasteiger charge is -2.23. The minimum Gasteiger partial charge on any atom is -0.311 e. The number of hydrogen-bond acceptors (Lipinski definition) is 2. The van der Waals surface area contributed by atoms with E-state index in [1.165, 1.54) is 24.9 Å². The van der Waals surface area contributed by atoms with Crippen LogP contribution >= 0.6 is 0 Å². The molecule has 1 saturated heterocycles. The zero-order valence-electron chi connectivity index (χ0n) is 9.79. The van der Waals surface area contributed by atoms with Crippen molar-refractivity contribution in [3.8, 4) is 0 Å². The zero-order valence-corrected chi connectivity index (χ0v) is 9.79. The van der Waals surface area contributed by atoms with Gasteiger partial charge in [0.05, 0.1) is 6.20 Å². The SMILES string of the molecule is CCCn1cc(CC2(C)CCCN2)cn1. The molecule has 0 amide bonds. The van der Waals surface area contributed by atoms with Gasteiger partial charge in [0, 0.05) is 18.3 Å². The van der Waals surface area contributed by atoms with Crippen LogP contribution in [-0.4, -0.2) is 21.9 Å². The van der Waals surface area contributed by atoms with Crippen molar-refractivity contribution in [2.24, 2.45) is 0 Å². The average Bonchev–Trinajstić information content (AvgIpc) is 2.77. The van der Waals surface area contributed by atoms with E-state index in [2.05, 4.69) is 30.5 Å². The standard InChI is InChI=1S/C12H21N3/c1-3-7-15-10-11(9-14-15)8-12(2)5-4-6-13-12/h9-10,13H,3-8H2,1-2H3. The second-order valence-corrected chi connectivity index (χ2v) is 4.88. The molecule has 0 saturated carbocycles. The fraction of sp³-hybridized carbons (Fsp3) is 0.750. The van der Waals surface area contributed by atoms with Gasteiger partial charge in [-0.2, -0.15) is 5.10 Å². The molecule has 0 bridgehead atoms. The summed E-state index contributed by atoms with van der Waals surface area (Å²) in [5.74, 6) is 0. The highest BCUT2D eigenvalue weighted by Gasteiger charge is 2.28. The van der Waals surface area contributed by atoms with Crippen LogP contribution in [0.4, 0.5) is 0 Å². The number of rotatable bonds is 4. The van der Waals surface area contributed by atoms with Crippen LogP contribution in [0.1, 0.15) is 38.7 Å². The number of aryl methyl sites for hydroxylation is 1. The Bertz CT molecular complexity index is 310. The largest absolute Gasteiger partial charge is 0.311 e. The van der Waals surface area contributed by atoms with Gasteiger partial charge in [-0.3, -0.25) is 4.68 Å². The van der Waals surface area contributed by atoms with Crippen molar-refractivity contribution in [1.29, 1.82) is 0 Å². The molecule has 0 aromatic carbocycles. The molecule has 0 aliphatic carbocycles. The van der Waals surface area contributed by atoms with E-state index in [0.717, 1.165) is 19.4 Å². The molecule has 1 unspecified atom stereocenters. The summed E-state index contributed by atoms with van der Waals surface area (Å²) in [5.41, 5.74) is 1.67. The normalized spacial score (nSPS) is 26.0. The summed E-state index contributed by atoms with van der Waals surface area (Å²) in [4.78, 5) is 0.